The maximum absolute atomic E-state index is 12.8. The lowest BCUT2D eigenvalue weighted by atomic mass is 10.1. The summed E-state index contributed by atoms with van der Waals surface area (Å²) in [5.74, 6) is -0.385. The smallest absolute Gasteiger partial charge is 0.254 e. The number of carbonyl (C=O) groups excluding carboxylic acids is 1. The van der Waals surface area contributed by atoms with E-state index in [1.807, 2.05) is 0 Å². The Hall–Kier alpha value is -1.75. The van der Waals surface area contributed by atoms with E-state index in [0.29, 0.717) is 12.3 Å². The van der Waals surface area contributed by atoms with Gasteiger partial charge in [0.05, 0.1) is 12.3 Å². The highest BCUT2D eigenvalue weighted by molar-refractivity contribution is 5.99. The molecule has 0 radical (unpaired) electrons. The number of likely N-dealkylation sites (tertiary alicyclic amines) is 1. The van der Waals surface area contributed by atoms with E-state index in [0.717, 1.165) is 31.5 Å². The largest absolute Gasteiger partial charge is 0.294 e. The quantitative estimate of drug-likeness (QED) is 0.677. The van der Waals surface area contributed by atoms with E-state index in [2.05, 4.69) is 15.4 Å². The van der Waals surface area contributed by atoms with Crippen molar-refractivity contribution in [2.24, 2.45) is 5.10 Å². The second-order valence-electron chi connectivity index (χ2n) is 5.08. The van der Waals surface area contributed by atoms with Gasteiger partial charge in [0, 0.05) is 0 Å². The van der Waals surface area contributed by atoms with Crippen LogP contribution < -0.4 is 5.43 Å². The SMILES string of the molecule is C/C(=N/NC(=O)CN1CCCCC1)c1ccc(F)cc1. The lowest BCUT2D eigenvalue weighted by Crippen LogP contribution is -2.38. The molecule has 4 nitrogen and oxygen atoms in total. The molecule has 1 N–H and O–H groups in total. The zero-order chi connectivity index (χ0) is 14.4. The Balaban J connectivity index is 1.84. The van der Waals surface area contributed by atoms with Gasteiger partial charge in [0.25, 0.3) is 5.91 Å². The van der Waals surface area contributed by atoms with E-state index in [1.165, 1.54) is 18.6 Å². The second-order valence-corrected chi connectivity index (χ2v) is 5.08. The van der Waals surface area contributed by atoms with Gasteiger partial charge in [-0.3, -0.25) is 9.69 Å². The fourth-order valence-corrected chi connectivity index (χ4v) is 2.26. The van der Waals surface area contributed by atoms with Gasteiger partial charge in [-0.2, -0.15) is 5.10 Å². The molecule has 1 aliphatic heterocycles. The van der Waals surface area contributed by atoms with Crippen LogP contribution in [-0.4, -0.2) is 36.2 Å². The molecule has 2 rings (SSSR count). The molecule has 1 saturated heterocycles. The topological polar surface area (TPSA) is 44.7 Å². The van der Waals surface area contributed by atoms with Crippen LogP contribution >= 0.6 is 0 Å². The van der Waals surface area contributed by atoms with Crippen molar-refractivity contribution in [3.63, 3.8) is 0 Å². The molecule has 108 valence electrons. The van der Waals surface area contributed by atoms with Gasteiger partial charge >= 0.3 is 0 Å². The van der Waals surface area contributed by atoms with Crippen molar-refractivity contribution in [2.75, 3.05) is 19.6 Å². The van der Waals surface area contributed by atoms with Crippen molar-refractivity contribution in [3.8, 4) is 0 Å². The number of hydrazone groups is 1. The number of rotatable bonds is 4. The molecule has 0 spiro atoms. The summed E-state index contributed by atoms with van der Waals surface area (Å²) >= 11 is 0. The number of nitrogens with one attached hydrogen (secondary N) is 1. The molecule has 5 heteroatoms. The number of nitrogens with zero attached hydrogens (tertiary/aromatic N) is 2. The molecule has 1 aromatic rings. The van der Waals surface area contributed by atoms with Crippen LogP contribution in [0.2, 0.25) is 0 Å². The molecule has 1 aromatic carbocycles. The third-order valence-corrected chi connectivity index (χ3v) is 3.43. The highest BCUT2D eigenvalue weighted by Crippen LogP contribution is 2.07. The first-order valence-electron chi connectivity index (χ1n) is 6.96. The maximum Gasteiger partial charge on any atom is 0.254 e. The molecule has 1 heterocycles. The van der Waals surface area contributed by atoms with Gasteiger partial charge < -0.3 is 0 Å². The average Bonchev–Trinajstić information content (AvgIpc) is 2.46. The van der Waals surface area contributed by atoms with E-state index in [1.54, 1.807) is 19.1 Å². The first-order valence-corrected chi connectivity index (χ1v) is 6.96. The normalized spacial score (nSPS) is 17.0. The summed E-state index contributed by atoms with van der Waals surface area (Å²) in [5, 5.41) is 4.06. The van der Waals surface area contributed by atoms with Crippen molar-refractivity contribution in [3.05, 3.63) is 35.6 Å². The third kappa shape index (κ3) is 4.42. The van der Waals surface area contributed by atoms with Gasteiger partial charge in [0.1, 0.15) is 5.82 Å². The zero-order valence-corrected chi connectivity index (χ0v) is 11.7. The highest BCUT2D eigenvalue weighted by Gasteiger charge is 2.13. The number of benzene rings is 1. The molecule has 1 aliphatic rings. The molecule has 0 unspecified atom stereocenters. The summed E-state index contributed by atoms with van der Waals surface area (Å²) in [6, 6.07) is 6.05. The lowest BCUT2D eigenvalue weighted by molar-refractivity contribution is -0.122. The van der Waals surface area contributed by atoms with Crippen LogP contribution in [0.5, 0.6) is 0 Å². The van der Waals surface area contributed by atoms with E-state index in [4.69, 9.17) is 0 Å². The molecular formula is C15H20FN3O. The van der Waals surface area contributed by atoms with Crippen LogP contribution in [0.1, 0.15) is 31.7 Å². The summed E-state index contributed by atoms with van der Waals surface area (Å²) < 4.78 is 12.8. The predicted molar refractivity (Wildman–Crippen MR) is 77.0 cm³/mol. The Morgan fingerprint density at radius 2 is 1.90 bits per heavy atom. The summed E-state index contributed by atoms with van der Waals surface area (Å²) in [4.78, 5) is 13.9. The molecule has 0 atom stereocenters. The molecular weight excluding hydrogens is 257 g/mol. The molecule has 1 fully saturated rings. The van der Waals surface area contributed by atoms with E-state index in [9.17, 15) is 9.18 Å². The van der Waals surface area contributed by atoms with Gasteiger partial charge in [0.15, 0.2) is 0 Å². The maximum atomic E-state index is 12.8. The monoisotopic (exact) mass is 277 g/mol. The number of hydrogen-bond acceptors (Lipinski definition) is 3. The summed E-state index contributed by atoms with van der Waals surface area (Å²) in [7, 11) is 0. The van der Waals surface area contributed by atoms with Crippen molar-refractivity contribution >= 4 is 11.6 Å². The van der Waals surface area contributed by atoms with E-state index >= 15 is 0 Å². The Labute approximate surface area is 118 Å². The Morgan fingerprint density at radius 3 is 2.55 bits per heavy atom. The summed E-state index contributed by atoms with van der Waals surface area (Å²) in [6.45, 7) is 4.14. The van der Waals surface area contributed by atoms with Crippen LogP contribution in [0.3, 0.4) is 0 Å². The van der Waals surface area contributed by atoms with Gasteiger partial charge in [-0.25, -0.2) is 9.82 Å². The highest BCUT2D eigenvalue weighted by atomic mass is 19.1. The number of piperidine rings is 1. The van der Waals surface area contributed by atoms with Gasteiger partial charge in [-0.15, -0.1) is 0 Å². The first kappa shape index (κ1) is 14.7. The van der Waals surface area contributed by atoms with Crippen LogP contribution in [-0.2, 0) is 4.79 Å². The van der Waals surface area contributed by atoms with Crippen LogP contribution in [0.25, 0.3) is 0 Å². The Bertz CT molecular complexity index is 478. The van der Waals surface area contributed by atoms with Gasteiger partial charge in [-0.1, -0.05) is 18.6 Å². The summed E-state index contributed by atoms with van der Waals surface area (Å²) in [6.07, 6.45) is 3.57. The van der Waals surface area contributed by atoms with Crippen LogP contribution in [0, 0.1) is 5.82 Å². The second kappa shape index (κ2) is 7.14. The minimum absolute atomic E-state index is 0.103. The van der Waals surface area contributed by atoms with Crippen molar-refractivity contribution < 1.29 is 9.18 Å². The van der Waals surface area contributed by atoms with Gasteiger partial charge in [0.2, 0.25) is 0 Å². The molecule has 0 bridgehead atoms. The Morgan fingerprint density at radius 1 is 1.25 bits per heavy atom. The molecule has 0 saturated carbocycles. The van der Waals surface area contributed by atoms with Crippen molar-refractivity contribution in [1.29, 1.82) is 0 Å². The standard InChI is InChI=1S/C15H20FN3O/c1-12(13-5-7-14(16)8-6-13)17-18-15(20)11-19-9-3-2-4-10-19/h5-8H,2-4,9-11H2,1H3,(H,18,20)/b17-12-. The minimum Gasteiger partial charge on any atom is -0.294 e. The fraction of sp³-hybridized carbons (Fsp3) is 0.467. The van der Waals surface area contributed by atoms with E-state index < -0.39 is 0 Å². The number of hydrogen-bond donors (Lipinski definition) is 1. The van der Waals surface area contributed by atoms with Gasteiger partial charge in [-0.05, 0) is 50.6 Å². The zero-order valence-electron chi connectivity index (χ0n) is 11.7. The number of amides is 1. The predicted octanol–water partition coefficient (Wildman–Crippen LogP) is 2.15. The number of carbonyl (C=O) groups is 1. The number of halogens is 1. The minimum atomic E-state index is -0.282. The lowest BCUT2D eigenvalue weighted by Gasteiger charge is -2.25. The molecule has 1 amide bonds. The summed E-state index contributed by atoms with van der Waals surface area (Å²) in [5.41, 5.74) is 4.02. The third-order valence-electron chi connectivity index (χ3n) is 3.43. The van der Waals surface area contributed by atoms with Crippen LogP contribution in [0.4, 0.5) is 4.39 Å². The molecule has 0 aliphatic carbocycles. The molecule has 0 aromatic heterocycles. The molecule has 20 heavy (non-hydrogen) atoms. The first-order chi connectivity index (χ1) is 9.65. The van der Waals surface area contributed by atoms with Crippen LogP contribution in [0.15, 0.2) is 29.4 Å². The van der Waals surface area contributed by atoms with Crippen molar-refractivity contribution in [1.82, 2.24) is 10.3 Å². The Kier molecular flexibility index (Phi) is 5.24. The fourth-order valence-electron chi connectivity index (χ4n) is 2.26. The van der Waals surface area contributed by atoms with E-state index in [-0.39, 0.29) is 11.7 Å². The van der Waals surface area contributed by atoms with Crippen molar-refractivity contribution in [2.45, 2.75) is 26.2 Å². The average molecular weight is 277 g/mol.